The van der Waals surface area contributed by atoms with Crippen LogP contribution in [0.25, 0.3) is 0 Å². The van der Waals surface area contributed by atoms with Crippen LogP contribution >= 0.6 is 0 Å². The molecule has 0 spiro atoms. The summed E-state index contributed by atoms with van der Waals surface area (Å²) in [5.74, 6) is 1.28. The van der Waals surface area contributed by atoms with Crippen LogP contribution in [0.4, 0.5) is 13.2 Å². The van der Waals surface area contributed by atoms with Crippen molar-refractivity contribution in [3.05, 3.63) is 0 Å². The summed E-state index contributed by atoms with van der Waals surface area (Å²) in [5, 5.41) is 6.27. The molecule has 0 aromatic carbocycles. The number of halogens is 3. The van der Waals surface area contributed by atoms with Gasteiger partial charge in [0.25, 0.3) is 0 Å². The zero-order valence-corrected chi connectivity index (χ0v) is 17.7. The molecule has 0 saturated carbocycles. The zero-order chi connectivity index (χ0) is 21.2. The van der Waals surface area contributed by atoms with E-state index in [-0.39, 0.29) is 19.0 Å². The Hall–Kier alpha value is -1.07. The molecule has 0 radical (unpaired) electrons. The topological polar surface area (TPSA) is 83.0 Å². The van der Waals surface area contributed by atoms with E-state index in [1.54, 1.807) is 0 Å². The Morgan fingerprint density at radius 1 is 1.21 bits per heavy atom. The normalized spacial score (nSPS) is 17.9. The van der Waals surface area contributed by atoms with E-state index in [4.69, 9.17) is 4.74 Å². The highest BCUT2D eigenvalue weighted by atomic mass is 32.2. The van der Waals surface area contributed by atoms with Crippen molar-refractivity contribution in [2.75, 3.05) is 45.9 Å². The first kappa shape index (κ1) is 25.0. The largest absolute Gasteiger partial charge is 0.511 e. The number of nitrogens with zero attached hydrogens (tertiary/aromatic N) is 2. The van der Waals surface area contributed by atoms with Crippen LogP contribution in [-0.2, 0) is 14.8 Å². The third-order valence-corrected chi connectivity index (χ3v) is 6.07. The first-order valence-electron chi connectivity index (χ1n) is 9.74. The van der Waals surface area contributed by atoms with E-state index < -0.39 is 15.5 Å². The van der Waals surface area contributed by atoms with Gasteiger partial charge in [-0.1, -0.05) is 13.8 Å². The Bertz CT molecular complexity index is 575. The fourth-order valence-electron chi connectivity index (χ4n) is 2.70. The Labute approximate surface area is 166 Å². The smallest absolute Gasteiger partial charge is 0.380 e. The van der Waals surface area contributed by atoms with Crippen LogP contribution in [0, 0.1) is 11.8 Å². The van der Waals surface area contributed by atoms with Gasteiger partial charge in [0.1, 0.15) is 0 Å². The highest BCUT2D eigenvalue weighted by Crippen LogP contribution is 2.30. The molecule has 1 aliphatic rings. The third-order valence-electron chi connectivity index (χ3n) is 4.44. The molecule has 1 aliphatic heterocycles. The van der Waals surface area contributed by atoms with Crippen LogP contribution in [0.2, 0.25) is 0 Å². The van der Waals surface area contributed by atoms with Crippen LogP contribution in [0.1, 0.15) is 40.0 Å². The van der Waals surface area contributed by atoms with Crippen molar-refractivity contribution in [2.45, 2.75) is 45.5 Å². The van der Waals surface area contributed by atoms with Crippen LogP contribution in [0.5, 0.6) is 0 Å². The Balaban J connectivity index is 2.39. The van der Waals surface area contributed by atoms with Gasteiger partial charge in [0.05, 0.1) is 6.61 Å². The van der Waals surface area contributed by atoms with Crippen molar-refractivity contribution in [1.29, 1.82) is 0 Å². The van der Waals surface area contributed by atoms with Gasteiger partial charge in [-0.2, -0.15) is 17.5 Å². The molecule has 0 amide bonds. The molecule has 0 aliphatic carbocycles. The summed E-state index contributed by atoms with van der Waals surface area (Å²) in [6.45, 7) is 8.96. The maximum atomic E-state index is 12.6. The van der Waals surface area contributed by atoms with Gasteiger partial charge in [0.15, 0.2) is 5.96 Å². The van der Waals surface area contributed by atoms with Gasteiger partial charge >= 0.3 is 15.5 Å². The minimum absolute atomic E-state index is 0.0532. The molecule has 0 aromatic heterocycles. The van der Waals surface area contributed by atoms with Crippen molar-refractivity contribution in [2.24, 2.45) is 16.8 Å². The van der Waals surface area contributed by atoms with Gasteiger partial charge in [-0.3, -0.25) is 4.99 Å². The maximum absolute atomic E-state index is 12.6. The number of aliphatic imine (C=N–C) groups is 1. The number of nitrogens with one attached hydrogen (secondary N) is 2. The van der Waals surface area contributed by atoms with Crippen molar-refractivity contribution in [1.82, 2.24) is 14.9 Å². The molecule has 0 aromatic rings. The van der Waals surface area contributed by atoms with Crippen molar-refractivity contribution in [3.63, 3.8) is 0 Å². The predicted octanol–water partition coefficient (Wildman–Crippen LogP) is 2.17. The zero-order valence-electron chi connectivity index (χ0n) is 16.9. The second-order valence-electron chi connectivity index (χ2n) is 7.23. The molecule has 1 rings (SSSR count). The predicted molar refractivity (Wildman–Crippen MR) is 104 cm³/mol. The van der Waals surface area contributed by atoms with Gasteiger partial charge in [-0.25, -0.2) is 8.42 Å². The summed E-state index contributed by atoms with van der Waals surface area (Å²) in [7, 11) is -5.23. The monoisotopic (exact) mass is 430 g/mol. The SMILES string of the molecule is CCNC(=NCC1CCN(S(=O)(=O)C(F)(F)F)CC1)NCCOCCC(C)C. The summed E-state index contributed by atoms with van der Waals surface area (Å²) in [6, 6.07) is 0. The summed E-state index contributed by atoms with van der Waals surface area (Å²) < 4.78 is 66.8. The molecule has 11 heteroatoms. The van der Waals surface area contributed by atoms with E-state index in [9.17, 15) is 21.6 Å². The lowest BCUT2D eigenvalue weighted by Gasteiger charge is -2.30. The number of hydrogen-bond acceptors (Lipinski definition) is 4. The molecule has 0 atom stereocenters. The summed E-state index contributed by atoms with van der Waals surface area (Å²) in [6.07, 6.45) is 1.73. The standard InChI is InChI=1S/C17H33F3N4O3S/c1-4-21-16(22-8-12-27-11-7-14(2)3)23-13-15-5-9-24(10-6-15)28(25,26)17(18,19)20/h14-15H,4-13H2,1-3H3,(H2,21,22,23). The van der Waals surface area contributed by atoms with Crippen molar-refractivity contribution < 1.29 is 26.3 Å². The van der Waals surface area contributed by atoms with Crippen LogP contribution in [0.3, 0.4) is 0 Å². The van der Waals surface area contributed by atoms with E-state index in [1.807, 2.05) is 6.92 Å². The average molecular weight is 431 g/mol. The van der Waals surface area contributed by atoms with Crippen LogP contribution in [0.15, 0.2) is 4.99 Å². The third kappa shape index (κ3) is 8.52. The molecule has 1 heterocycles. The van der Waals surface area contributed by atoms with E-state index in [2.05, 4.69) is 29.5 Å². The molecule has 166 valence electrons. The highest BCUT2D eigenvalue weighted by molar-refractivity contribution is 7.90. The molecule has 1 fully saturated rings. The lowest BCUT2D eigenvalue weighted by molar-refractivity contribution is -0.0496. The van der Waals surface area contributed by atoms with Crippen LogP contribution in [-0.4, -0.2) is 70.1 Å². The highest BCUT2D eigenvalue weighted by Gasteiger charge is 2.50. The maximum Gasteiger partial charge on any atom is 0.511 e. The second-order valence-corrected chi connectivity index (χ2v) is 9.16. The summed E-state index contributed by atoms with van der Waals surface area (Å²) in [4.78, 5) is 4.47. The quantitative estimate of drug-likeness (QED) is 0.315. The second kappa shape index (κ2) is 11.8. The lowest BCUT2D eigenvalue weighted by Crippen LogP contribution is -2.45. The number of piperidine rings is 1. The van der Waals surface area contributed by atoms with Crippen molar-refractivity contribution >= 4 is 16.0 Å². The van der Waals surface area contributed by atoms with Gasteiger partial charge in [-0.15, -0.1) is 0 Å². The lowest BCUT2D eigenvalue weighted by atomic mass is 9.98. The molecular formula is C17H33F3N4O3S. The Kier molecular flexibility index (Phi) is 10.5. The Morgan fingerprint density at radius 3 is 2.39 bits per heavy atom. The molecule has 2 N–H and O–H groups in total. The number of sulfonamides is 1. The molecule has 0 bridgehead atoms. The Morgan fingerprint density at radius 2 is 1.86 bits per heavy atom. The minimum atomic E-state index is -5.24. The van der Waals surface area contributed by atoms with Crippen molar-refractivity contribution in [3.8, 4) is 0 Å². The first-order chi connectivity index (χ1) is 13.1. The van der Waals surface area contributed by atoms with E-state index in [0.717, 1.165) is 6.42 Å². The number of hydrogen-bond donors (Lipinski definition) is 2. The fourth-order valence-corrected chi connectivity index (χ4v) is 3.69. The summed E-state index contributed by atoms with van der Waals surface area (Å²) in [5.41, 5.74) is -5.24. The molecular weight excluding hydrogens is 397 g/mol. The number of alkyl halides is 3. The summed E-state index contributed by atoms with van der Waals surface area (Å²) >= 11 is 0. The number of rotatable bonds is 10. The molecule has 28 heavy (non-hydrogen) atoms. The van der Waals surface area contributed by atoms with Gasteiger partial charge in [0.2, 0.25) is 0 Å². The van der Waals surface area contributed by atoms with Gasteiger partial charge in [0, 0.05) is 39.3 Å². The van der Waals surface area contributed by atoms with Gasteiger partial charge in [-0.05, 0) is 38.0 Å². The average Bonchev–Trinajstić information content (AvgIpc) is 2.61. The van der Waals surface area contributed by atoms with Gasteiger partial charge < -0.3 is 15.4 Å². The fraction of sp³-hybridized carbons (Fsp3) is 0.941. The van der Waals surface area contributed by atoms with E-state index in [1.165, 1.54) is 0 Å². The number of guanidine groups is 1. The van der Waals surface area contributed by atoms with E-state index >= 15 is 0 Å². The molecule has 1 saturated heterocycles. The minimum Gasteiger partial charge on any atom is -0.380 e. The number of ether oxygens (including phenoxy) is 1. The van der Waals surface area contributed by atoms with E-state index in [0.29, 0.717) is 61.9 Å². The molecule has 7 nitrogen and oxygen atoms in total. The molecule has 0 unspecified atom stereocenters. The van der Waals surface area contributed by atoms with Crippen LogP contribution < -0.4 is 10.6 Å². The first-order valence-corrected chi connectivity index (χ1v) is 11.2.